The molecule has 0 fully saturated rings. The lowest BCUT2D eigenvalue weighted by molar-refractivity contribution is -0.137. The van der Waals surface area contributed by atoms with Gasteiger partial charge < -0.3 is 9.50 Å². The molecule has 1 amide bonds. The number of rotatable bonds is 5. The van der Waals surface area contributed by atoms with Crippen molar-refractivity contribution in [1.29, 1.82) is 0 Å². The van der Waals surface area contributed by atoms with Crippen LogP contribution in [0.4, 0.5) is 18.9 Å². The highest BCUT2D eigenvalue weighted by Crippen LogP contribution is 2.33. The summed E-state index contributed by atoms with van der Waals surface area (Å²) in [6.45, 7) is 3.10. The van der Waals surface area contributed by atoms with Crippen molar-refractivity contribution in [2.45, 2.75) is 20.0 Å². The molecule has 0 aliphatic carbocycles. The average Bonchev–Trinajstić information content (AvgIpc) is 3.55. The molecule has 0 unspecified atom stereocenters. The van der Waals surface area contributed by atoms with Crippen molar-refractivity contribution in [3.8, 4) is 23.3 Å². The fourth-order valence-corrected chi connectivity index (χ4v) is 4.44. The third kappa shape index (κ3) is 6.23. The fraction of sp³-hybridized carbons (Fsp3) is 0.148. The minimum absolute atomic E-state index is 0.0244. The first kappa shape index (κ1) is 28.3. The summed E-state index contributed by atoms with van der Waals surface area (Å²) in [5, 5.41) is 10.6. The van der Waals surface area contributed by atoms with Crippen LogP contribution in [-0.2, 0) is 16.3 Å². The Morgan fingerprint density at radius 3 is 2.55 bits per heavy atom. The molecule has 0 radical (unpaired) electrons. The van der Waals surface area contributed by atoms with E-state index in [2.05, 4.69) is 37.3 Å². The Bertz CT molecular complexity index is 2020. The van der Waals surface area contributed by atoms with E-state index in [1.807, 2.05) is 0 Å². The summed E-state index contributed by atoms with van der Waals surface area (Å²) in [7, 11) is -3.97. The van der Waals surface area contributed by atoms with E-state index in [0.29, 0.717) is 17.0 Å². The van der Waals surface area contributed by atoms with Gasteiger partial charge in [-0.05, 0) is 49.7 Å². The number of nitrogens with zero attached hydrogens (tertiary/aromatic N) is 6. The number of benzene rings is 2. The van der Waals surface area contributed by atoms with Crippen LogP contribution in [0.25, 0.3) is 11.3 Å². The number of hydrogen-bond donors (Lipinski definition) is 1. The number of fused-ring (bicyclic) bond motifs is 1. The van der Waals surface area contributed by atoms with Crippen molar-refractivity contribution in [1.82, 2.24) is 29.4 Å². The number of nitrogens with one attached hydrogen (secondary N) is 1. The zero-order valence-corrected chi connectivity index (χ0v) is 22.9. The standard InChI is InChI=1S/C27H20F3N7O4S/c1-16-22(5-4-18-13-31-25-8-9-33-36(25)14-18)24(41-42(3,39)40)7-6-23(16)26(38)34-20-10-19(27(28,29)30)11-21(12-20)37-15-32-17(2)35-37/h6-15H,1-3H3,(H,34,38). The number of amides is 1. The van der Waals surface area contributed by atoms with Crippen molar-refractivity contribution in [3.63, 3.8) is 0 Å². The Balaban J connectivity index is 1.54. The first-order valence-electron chi connectivity index (χ1n) is 12.0. The number of hydrogen-bond acceptors (Lipinski definition) is 8. The zero-order valence-electron chi connectivity index (χ0n) is 22.1. The molecule has 5 rings (SSSR count). The molecule has 0 saturated carbocycles. The normalized spacial score (nSPS) is 11.7. The van der Waals surface area contributed by atoms with E-state index in [-0.39, 0.29) is 33.8 Å². The Hall–Kier alpha value is -5.23. The molecule has 0 saturated heterocycles. The second kappa shape index (κ2) is 10.6. The minimum atomic E-state index is -4.71. The number of carbonyl (C=O) groups is 1. The lowest BCUT2D eigenvalue weighted by atomic mass is 10.0. The van der Waals surface area contributed by atoms with Crippen LogP contribution in [0.15, 0.2) is 61.3 Å². The molecule has 2 aromatic carbocycles. The molecule has 0 aliphatic rings. The monoisotopic (exact) mass is 595 g/mol. The van der Waals surface area contributed by atoms with E-state index in [1.54, 1.807) is 25.4 Å². The fourth-order valence-electron chi connectivity index (χ4n) is 3.98. The summed E-state index contributed by atoms with van der Waals surface area (Å²) in [5.74, 6) is 5.14. The maximum Gasteiger partial charge on any atom is 0.416 e. The maximum atomic E-state index is 13.7. The maximum absolute atomic E-state index is 13.7. The van der Waals surface area contributed by atoms with Crippen molar-refractivity contribution in [2.75, 3.05) is 11.6 Å². The van der Waals surface area contributed by atoms with Gasteiger partial charge in [0.2, 0.25) is 0 Å². The molecule has 11 nitrogen and oxygen atoms in total. The van der Waals surface area contributed by atoms with Gasteiger partial charge in [0.25, 0.3) is 5.91 Å². The lowest BCUT2D eigenvalue weighted by Crippen LogP contribution is -2.16. The predicted octanol–water partition coefficient (Wildman–Crippen LogP) is 3.94. The smallest absolute Gasteiger partial charge is 0.381 e. The predicted molar refractivity (Wildman–Crippen MR) is 145 cm³/mol. The first-order chi connectivity index (χ1) is 19.8. The molecule has 214 valence electrons. The summed E-state index contributed by atoms with van der Waals surface area (Å²) < 4.78 is 72.6. The van der Waals surface area contributed by atoms with Gasteiger partial charge in [-0.1, -0.05) is 11.8 Å². The van der Waals surface area contributed by atoms with Crippen LogP contribution >= 0.6 is 0 Å². The van der Waals surface area contributed by atoms with Crippen molar-refractivity contribution in [3.05, 3.63) is 95.0 Å². The minimum Gasteiger partial charge on any atom is -0.381 e. The average molecular weight is 596 g/mol. The van der Waals surface area contributed by atoms with Gasteiger partial charge in [-0.25, -0.2) is 19.2 Å². The van der Waals surface area contributed by atoms with E-state index in [1.165, 1.54) is 42.2 Å². The highest BCUT2D eigenvalue weighted by molar-refractivity contribution is 7.86. The first-order valence-corrected chi connectivity index (χ1v) is 13.9. The Labute approximate surface area is 237 Å². The van der Waals surface area contributed by atoms with E-state index in [4.69, 9.17) is 4.18 Å². The number of aromatic nitrogens is 6. The van der Waals surface area contributed by atoms with Crippen LogP contribution in [0.3, 0.4) is 0 Å². The molecule has 3 aromatic heterocycles. The lowest BCUT2D eigenvalue weighted by Gasteiger charge is -2.15. The second-order valence-corrected chi connectivity index (χ2v) is 10.7. The van der Waals surface area contributed by atoms with Crippen LogP contribution < -0.4 is 9.50 Å². The molecule has 1 N–H and O–H groups in total. The van der Waals surface area contributed by atoms with Gasteiger partial charge in [0, 0.05) is 29.7 Å². The van der Waals surface area contributed by atoms with Crippen LogP contribution in [0, 0.1) is 25.7 Å². The van der Waals surface area contributed by atoms with E-state index >= 15 is 0 Å². The zero-order chi connectivity index (χ0) is 30.2. The highest BCUT2D eigenvalue weighted by atomic mass is 32.2. The number of carbonyl (C=O) groups excluding carboxylic acids is 1. The molecular weight excluding hydrogens is 575 g/mol. The Kier molecular flexibility index (Phi) is 7.17. The third-order valence-electron chi connectivity index (χ3n) is 5.86. The van der Waals surface area contributed by atoms with E-state index in [0.717, 1.165) is 23.1 Å². The second-order valence-electron chi connectivity index (χ2n) is 9.08. The summed E-state index contributed by atoms with van der Waals surface area (Å²) in [6.07, 6.45) is 2.07. The molecule has 0 spiro atoms. The molecular formula is C27H20F3N7O4S. The largest absolute Gasteiger partial charge is 0.416 e. The molecule has 0 atom stereocenters. The van der Waals surface area contributed by atoms with Gasteiger partial charge in [-0.2, -0.15) is 31.8 Å². The Morgan fingerprint density at radius 1 is 1.07 bits per heavy atom. The molecule has 0 bridgehead atoms. The quantitative estimate of drug-likeness (QED) is 0.239. The number of halogens is 3. The molecule has 15 heteroatoms. The molecule has 42 heavy (non-hydrogen) atoms. The van der Waals surface area contributed by atoms with Crippen molar-refractivity contribution < 1.29 is 30.6 Å². The summed E-state index contributed by atoms with van der Waals surface area (Å²) in [6, 6.07) is 7.23. The van der Waals surface area contributed by atoms with Gasteiger partial charge in [-0.15, -0.1) is 0 Å². The van der Waals surface area contributed by atoms with Crippen LogP contribution in [0.2, 0.25) is 0 Å². The van der Waals surface area contributed by atoms with Gasteiger partial charge in [-0.3, -0.25) is 4.79 Å². The van der Waals surface area contributed by atoms with Gasteiger partial charge >= 0.3 is 16.3 Å². The molecule has 5 aromatic rings. The van der Waals surface area contributed by atoms with Crippen LogP contribution in [0.5, 0.6) is 5.75 Å². The number of aryl methyl sites for hydroxylation is 1. The summed E-state index contributed by atoms with van der Waals surface area (Å²) in [4.78, 5) is 21.5. The van der Waals surface area contributed by atoms with Crippen molar-refractivity contribution >= 4 is 27.4 Å². The van der Waals surface area contributed by atoms with Gasteiger partial charge in [0.15, 0.2) is 11.4 Å². The highest BCUT2D eigenvalue weighted by Gasteiger charge is 2.32. The van der Waals surface area contributed by atoms with E-state index < -0.39 is 27.8 Å². The molecule has 3 heterocycles. The van der Waals surface area contributed by atoms with Crippen LogP contribution in [-0.4, -0.2) is 49.9 Å². The summed E-state index contributed by atoms with van der Waals surface area (Å²) >= 11 is 0. The third-order valence-corrected chi connectivity index (χ3v) is 6.35. The van der Waals surface area contributed by atoms with Crippen LogP contribution in [0.1, 0.15) is 38.4 Å². The SMILES string of the molecule is Cc1ncn(-c2cc(NC(=O)c3ccc(OS(C)(=O)=O)c(C#Cc4cnc5ccnn5c4)c3C)cc(C(F)(F)F)c2)n1. The molecule has 0 aliphatic heterocycles. The number of alkyl halides is 3. The Morgan fingerprint density at radius 2 is 1.86 bits per heavy atom. The van der Waals surface area contributed by atoms with E-state index in [9.17, 15) is 26.4 Å². The van der Waals surface area contributed by atoms with Crippen molar-refractivity contribution in [2.24, 2.45) is 0 Å². The topological polar surface area (TPSA) is 133 Å². The van der Waals surface area contributed by atoms with Gasteiger partial charge in [0.1, 0.15) is 12.2 Å². The van der Waals surface area contributed by atoms with Gasteiger partial charge in [0.05, 0.1) is 34.8 Å². The number of anilines is 1. The summed E-state index contributed by atoms with van der Waals surface area (Å²) in [5.41, 5.74) is 0.232.